The van der Waals surface area contributed by atoms with E-state index < -0.39 is 16.1 Å². The normalized spacial score (nSPS) is 18.3. The van der Waals surface area contributed by atoms with E-state index in [1.54, 1.807) is 12.1 Å². The van der Waals surface area contributed by atoms with Crippen LogP contribution < -0.4 is 9.46 Å². The van der Waals surface area contributed by atoms with Gasteiger partial charge in [-0.2, -0.15) is 0 Å². The number of amides is 2. The van der Waals surface area contributed by atoms with E-state index in [1.807, 2.05) is 6.07 Å². The van der Waals surface area contributed by atoms with Crippen LogP contribution in [0.5, 0.6) is 5.75 Å². The second-order valence-electron chi connectivity index (χ2n) is 8.79. The first kappa shape index (κ1) is 28.0. The topological polar surface area (TPSA) is 79.0 Å². The third-order valence-corrected chi connectivity index (χ3v) is 9.79. The molecule has 196 valence electrons. The summed E-state index contributed by atoms with van der Waals surface area (Å²) in [6.07, 6.45) is 3.39. The summed E-state index contributed by atoms with van der Waals surface area (Å²) in [5.74, 6) is 0.711. The molecule has 0 bridgehead atoms. The van der Waals surface area contributed by atoms with E-state index >= 15 is 0 Å². The van der Waals surface area contributed by atoms with Crippen LogP contribution in [0.15, 0.2) is 40.1 Å². The number of piperidine rings is 2. The van der Waals surface area contributed by atoms with Crippen LogP contribution >= 0.6 is 59.0 Å². The van der Waals surface area contributed by atoms with Gasteiger partial charge in [0.15, 0.2) is 0 Å². The molecule has 0 aliphatic carbocycles. The van der Waals surface area contributed by atoms with Crippen LogP contribution in [-0.2, 0) is 10.0 Å². The fourth-order valence-corrected chi connectivity index (χ4v) is 6.89. The number of carbonyl (C=O) groups excluding carboxylic acids is 1. The molecule has 1 N–H and O–H groups in total. The molecule has 7 nitrogen and oxygen atoms in total. The van der Waals surface area contributed by atoms with E-state index in [0.29, 0.717) is 34.9 Å². The van der Waals surface area contributed by atoms with Crippen LogP contribution in [0, 0.1) is 0 Å². The van der Waals surface area contributed by atoms with Gasteiger partial charge < -0.3 is 9.64 Å². The maximum absolute atomic E-state index is 12.7. The number of carbonyl (C=O) groups is 1. The Labute approximate surface area is 236 Å². The minimum absolute atomic E-state index is 0.0641. The zero-order valence-electron chi connectivity index (χ0n) is 19.1. The summed E-state index contributed by atoms with van der Waals surface area (Å²) in [4.78, 5) is 16.5. The Morgan fingerprint density at radius 1 is 0.889 bits per heavy atom. The highest BCUT2D eigenvalue weighted by atomic mass is 35.5. The highest BCUT2D eigenvalue weighted by Gasteiger charge is 2.32. The van der Waals surface area contributed by atoms with Gasteiger partial charge in [-0.1, -0.05) is 46.4 Å². The molecule has 2 fully saturated rings. The van der Waals surface area contributed by atoms with Crippen LogP contribution in [0.4, 0.5) is 4.79 Å². The number of halogens is 4. The first-order valence-corrected chi connectivity index (χ1v) is 14.8. The van der Waals surface area contributed by atoms with Gasteiger partial charge in [-0.3, -0.25) is 4.90 Å². The Hall–Kier alpha value is -1.07. The van der Waals surface area contributed by atoms with E-state index in [9.17, 15) is 13.2 Å². The molecule has 36 heavy (non-hydrogen) atoms. The molecule has 0 aromatic heterocycles. The van der Waals surface area contributed by atoms with Crippen molar-refractivity contribution in [2.45, 2.75) is 47.6 Å². The number of benzene rings is 2. The molecule has 2 aromatic rings. The van der Waals surface area contributed by atoms with Crippen LogP contribution in [0.2, 0.25) is 20.1 Å². The Morgan fingerprint density at radius 3 is 2.14 bits per heavy atom. The molecule has 13 heteroatoms. The summed E-state index contributed by atoms with van der Waals surface area (Å²) in [7, 11) is -4.15. The first-order valence-electron chi connectivity index (χ1n) is 11.4. The zero-order valence-corrected chi connectivity index (χ0v) is 23.8. The van der Waals surface area contributed by atoms with Crippen molar-refractivity contribution in [2.75, 3.05) is 26.2 Å². The van der Waals surface area contributed by atoms with Gasteiger partial charge in [-0.05, 0) is 49.9 Å². The van der Waals surface area contributed by atoms with Crippen molar-refractivity contribution in [2.24, 2.45) is 0 Å². The summed E-state index contributed by atoms with van der Waals surface area (Å²) in [5.41, 5.74) is 0. The molecule has 2 aromatic carbocycles. The van der Waals surface area contributed by atoms with Gasteiger partial charge in [-0.25, -0.2) is 17.9 Å². The number of urea groups is 1. The van der Waals surface area contributed by atoms with Crippen LogP contribution in [0.25, 0.3) is 0 Å². The van der Waals surface area contributed by atoms with Crippen molar-refractivity contribution in [3.63, 3.8) is 0 Å². The molecule has 2 aliphatic heterocycles. The molecule has 2 saturated heterocycles. The minimum atomic E-state index is -4.15. The molecule has 2 aliphatic rings. The molecule has 0 radical (unpaired) electrons. The first-order chi connectivity index (χ1) is 17.0. The minimum Gasteiger partial charge on any atom is -0.490 e. The monoisotopic (exact) mass is 611 g/mol. The number of hydrogen-bond donors (Lipinski definition) is 2. The second-order valence-corrected chi connectivity index (χ2v) is 12.6. The van der Waals surface area contributed by atoms with Gasteiger partial charge in [-0.15, -0.1) is 12.6 Å². The van der Waals surface area contributed by atoms with Crippen molar-refractivity contribution in [3.8, 4) is 5.75 Å². The Balaban J connectivity index is 1.25. The van der Waals surface area contributed by atoms with Gasteiger partial charge in [0.1, 0.15) is 16.7 Å². The van der Waals surface area contributed by atoms with E-state index in [1.165, 1.54) is 17.0 Å². The van der Waals surface area contributed by atoms with Crippen LogP contribution in [0.1, 0.15) is 25.7 Å². The number of rotatable bonds is 5. The second kappa shape index (κ2) is 11.8. The molecule has 0 saturated carbocycles. The van der Waals surface area contributed by atoms with E-state index in [2.05, 4.69) is 22.3 Å². The van der Waals surface area contributed by atoms with E-state index in [0.717, 1.165) is 38.8 Å². The van der Waals surface area contributed by atoms with Crippen LogP contribution in [-0.4, -0.2) is 62.6 Å². The van der Waals surface area contributed by atoms with Crippen molar-refractivity contribution in [1.29, 1.82) is 0 Å². The lowest BCUT2D eigenvalue weighted by Crippen LogP contribution is -2.52. The van der Waals surface area contributed by atoms with E-state index in [4.69, 9.17) is 51.1 Å². The number of thiol groups is 1. The maximum atomic E-state index is 12.7. The fraction of sp³-hybridized carbons (Fsp3) is 0.435. The SMILES string of the molecule is O=C(NS(=O)(=O)c1cc(Cl)c(Cl)cc1S)N1CCC(N2CCC(Oc3ccc(Cl)c(Cl)c3)CC2)CC1. The summed E-state index contributed by atoms with van der Waals surface area (Å²) < 4.78 is 33.7. The molecule has 0 spiro atoms. The molecular weight excluding hydrogens is 588 g/mol. The third-order valence-electron chi connectivity index (χ3n) is 6.45. The lowest BCUT2D eigenvalue weighted by molar-refractivity contribution is 0.0540. The Kier molecular flexibility index (Phi) is 9.13. The number of ether oxygens (including phenoxy) is 1. The largest absolute Gasteiger partial charge is 0.490 e. The van der Waals surface area contributed by atoms with Gasteiger partial charge in [0.05, 0.1) is 20.1 Å². The quantitative estimate of drug-likeness (QED) is 0.405. The molecule has 4 rings (SSSR count). The van der Waals surface area contributed by atoms with Gasteiger partial charge in [0, 0.05) is 43.2 Å². The predicted octanol–water partition coefficient (Wildman–Crippen LogP) is 6.00. The van der Waals surface area contributed by atoms with Gasteiger partial charge in [0.2, 0.25) is 0 Å². The summed E-state index contributed by atoms with van der Waals surface area (Å²) in [5, 5.41) is 1.21. The van der Waals surface area contributed by atoms with Crippen molar-refractivity contribution in [1.82, 2.24) is 14.5 Å². The average Bonchev–Trinajstić information content (AvgIpc) is 2.84. The summed E-state index contributed by atoms with van der Waals surface area (Å²) in [6.45, 7) is 2.69. The predicted molar refractivity (Wildman–Crippen MR) is 146 cm³/mol. The number of sulfonamides is 1. The highest BCUT2D eigenvalue weighted by Crippen LogP contribution is 2.31. The van der Waals surface area contributed by atoms with Crippen molar-refractivity contribution in [3.05, 3.63) is 50.4 Å². The summed E-state index contributed by atoms with van der Waals surface area (Å²) in [6, 6.07) is 7.46. The standard InChI is InChI=1S/C23H25Cl4N3O4S2/c24-17-2-1-16(11-18(17)25)34-15-5-9-29(10-6-15)14-3-7-30(8-4-14)23(31)28-36(32,33)22-13-20(27)19(26)12-21(22)35/h1-2,11-15,35H,3-10H2,(H,28,31). The Bertz CT molecular complexity index is 1230. The smallest absolute Gasteiger partial charge is 0.331 e. The molecule has 0 unspecified atom stereocenters. The fourth-order valence-electron chi connectivity index (χ4n) is 4.50. The van der Waals surface area contributed by atoms with E-state index in [-0.39, 0.29) is 25.9 Å². The number of hydrogen-bond acceptors (Lipinski definition) is 6. The molecule has 2 heterocycles. The number of likely N-dealkylation sites (tertiary alicyclic amines) is 2. The number of nitrogens with zero attached hydrogens (tertiary/aromatic N) is 2. The maximum Gasteiger partial charge on any atom is 0.331 e. The van der Waals surface area contributed by atoms with Crippen LogP contribution in [0.3, 0.4) is 0 Å². The van der Waals surface area contributed by atoms with Gasteiger partial charge >= 0.3 is 6.03 Å². The lowest BCUT2D eigenvalue weighted by Gasteiger charge is -2.41. The molecular formula is C23H25Cl4N3O4S2. The number of nitrogens with one attached hydrogen (secondary N) is 1. The van der Waals surface area contributed by atoms with Crippen molar-refractivity contribution >= 4 is 75.1 Å². The zero-order chi connectivity index (χ0) is 26.0. The molecule has 0 atom stereocenters. The lowest BCUT2D eigenvalue weighted by atomic mass is 9.99. The third kappa shape index (κ3) is 6.67. The average molecular weight is 613 g/mol. The summed E-state index contributed by atoms with van der Waals surface area (Å²) >= 11 is 28.1. The van der Waals surface area contributed by atoms with Gasteiger partial charge in [0.25, 0.3) is 10.0 Å². The highest BCUT2D eigenvalue weighted by molar-refractivity contribution is 7.91. The molecule has 2 amide bonds. The Morgan fingerprint density at radius 2 is 1.50 bits per heavy atom. The van der Waals surface area contributed by atoms with Crippen molar-refractivity contribution < 1.29 is 17.9 Å².